The summed E-state index contributed by atoms with van der Waals surface area (Å²) in [6, 6.07) is 8.53. The maximum absolute atomic E-state index is 5.76. The number of aromatic nitrogens is 2. The number of nitrogens with one attached hydrogen (secondary N) is 2. The molecule has 4 nitrogen and oxygen atoms in total. The van der Waals surface area contributed by atoms with Crippen molar-refractivity contribution in [2.24, 2.45) is 0 Å². The number of anilines is 1. The Balaban J connectivity index is 1.90. The summed E-state index contributed by atoms with van der Waals surface area (Å²) in [5, 5.41) is 4.49. The highest BCUT2D eigenvalue weighted by molar-refractivity contribution is 5.98. The molecule has 21 heavy (non-hydrogen) atoms. The molecule has 1 aliphatic rings. The summed E-state index contributed by atoms with van der Waals surface area (Å²) >= 11 is 0. The zero-order chi connectivity index (χ0) is 14.2. The first-order valence-electron chi connectivity index (χ1n) is 7.33. The largest absolute Gasteiger partial charge is 0.493 e. The molecule has 1 aliphatic heterocycles. The first kappa shape index (κ1) is 12.3. The molecule has 0 fully saturated rings. The van der Waals surface area contributed by atoms with Crippen molar-refractivity contribution in [1.82, 2.24) is 9.97 Å². The summed E-state index contributed by atoms with van der Waals surface area (Å²) in [5.41, 5.74) is 5.82. The highest BCUT2D eigenvalue weighted by Gasteiger charge is 2.15. The highest BCUT2D eigenvalue weighted by Crippen LogP contribution is 2.36. The van der Waals surface area contributed by atoms with Crippen LogP contribution in [0.1, 0.15) is 12.5 Å². The van der Waals surface area contributed by atoms with Gasteiger partial charge in [0.1, 0.15) is 11.4 Å². The summed E-state index contributed by atoms with van der Waals surface area (Å²) in [4.78, 5) is 7.63. The van der Waals surface area contributed by atoms with Crippen LogP contribution in [0.5, 0.6) is 5.75 Å². The Morgan fingerprint density at radius 1 is 1.29 bits per heavy atom. The monoisotopic (exact) mass is 279 g/mol. The zero-order valence-corrected chi connectivity index (χ0v) is 11.9. The predicted octanol–water partition coefficient (Wildman–Crippen LogP) is 3.60. The van der Waals surface area contributed by atoms with Crippen molar-refractivity contribution in [2.45, 2.75) is 13.3 Å². The van der Waals surface area contributed by atoms with Crippen molar-refractivity contribution >= 4 is 16.7 Å². The molecule has 0 unspecified atom stereocenters. The molecule has 3 heterocycles. The van der Waals surface area contributed by atoms with Gasteiger partial charge in [0, 0.05) is 30.2 Å². The molecule has 0 radical (unpaired) electrons. The standard InChI is InChI=1S/C17H17N3O/c1-2-21-15-6-8-19-17-16(15)13(10-20-17)12-4-3-11-5-7-18-14(11)9-12/h3-4,6,8-10,18H,2,5,7H2,1H3,(H,19,20). The molecule has 4 rings (SSSR count). The Bertz CT molecular complexity index is 807. The van der Waals surface area contributed by atoms with E-state index in [9.17, 15) is 0 Å². The van der Waals surface area contributed by atoms with Crippen LogP contribution < -0.4 is 10.1 Å². The lowest BCUT2D eigenvalue weighted by Gasteiger charge is -2.08. The number of nitrogens with zero attached hydrogens (tertiary/aromatic N) is 1. The Morgan fingerprint density at radius 3 is 3.14 bits per heavy atom. The van der Waals surface area contributed by atoms with E-state index in [4.69, 9.17) is 4.74 Å². The molecule has 0 amide bonds. The highest BCUT2D eigenvalue weighted by atomic mass is 16.5. The number of rotatable bonds is 3. The smallest absolute Gasteiger partial charge is 0.141 e. The average molecular weight is 279 g/mol. The normalized spacial score (nSPS) is 13.2. The lowest BCUT2D eigenvalue weighted by molar-refractivity contribution is 0.344. The number of H-pyrrole nitrogens is 1. The van der Waals surface area contributed by atoms with Gasteiger partial charge in [-0.05, 0) is 36.6 Å². The average Bonchev–Trinajstić information content (AvgIpc) is 3.13. The number of hydrogen-bond acceptors (Lipinski definition) is 3. The first-order chi connectivity index (χ1) is 10.4. The van der Waals surface area contributed by atoms with Crippen LogP contribution in [-0.2, 0) is 6.42 Å². The van der Waals surface area contributed by atoms with Gasteiger partial charge in [-0.15, -0.1) is 0 Å². The summed E-state index contributed by atoms with van der Waals surface area (Å²) in [5.74, 6) is 0.882. The third-order valence-electron chi connectivity index (χ3n) is 3.97. The molecule has 1 aromatic carbocycles. The summed E-state index contributed by atoms with van der Waals surface area (Å²) < 4.78 is 5.76. The number of ether oxygens (including phenoxy) is 1. The van der Waals surface area contributed by atoms with Crippen molar-refractivity contribution < 1.29 is 4.74 Å². The lowest BCUT2D eigenvalue weighted by atomic mass is 10.0. The van der Waals surface area contributed by atoms with Gasteiger partial charge in [-0.3, -0.25) is 0 Å². The fourth-order valence-electron chi connectivity index (χ4n) is 2.99. The molecule has 2 aromatic heterocycles. The molecule has 0 saturated carbocycles. The second kappa shape index (κ2) is 4.81. The topological polar surface area (TPSA) is 49.9 Å². The predicted molar refractivity (Wildman–Crippen MR) is 84.9 cm³/mol. The van der Waals surface area contributed by atoms with E-state index in [2.05, 4.69) is 33.5 Å². The molecule has 4 heteroatoms. The molecule has 0 saturated heterocycles. The third-order valence-corrected chi connectivity index (χ3v) is 3.97. The number of pyridine rings is 1. The van der Waals surface area contributed by atoms with E-state index in [0.717, 1.165) is 35.3 Å². The van der Waals surface area contributed by atoms with Crippen LogP contribution in [0.25, 0.3) is 22.2 Å². The molecule has 106 valence electrons. The number of benzene rings is 1. The van der Waals surface area contributed by atoms with Gasteiger partial charge in [-0.1, -0.05) is 12.1 Å². The fraction of sp³-hybridized carbons (Fsp3) is 0.235. The van der Waals surface area contributed by atoms with Gasteiger partial charge in [-0.2, -0.15) is 0 Å². The van der Waals surface area contributed by atoms with Crippen molar-refractivity contribution in [3.8, 4) is 16.9 Å². The van der Waals surface area contributed by atoms with Gasteiger partial charge in [0.15, 0.2) is 0 Å². The van der Waals surface area contributed by atoms with Crippen molar-refractivity contribution in [3.05, 3.63) is 42.2 Å². The molecular formula is C17H17N3O. The fourth-order valence-corrected chi connectivity index (χ4v) is 2.99. The van der Waals surface area contributed by atoms with E-state index in [1.807, 2.05) is 19.2 Å². The van der Waals surface area contributed by atoms with Crippen LogP contribution in [0, 0.1) is 0 Å². The van der Waals surface area contributed by atoms with Crippen molar-refractivity contribution in [2.75, 3.05) is 18.5 Å². The Morgan fingerprint density at radius 2 is 2.24 bits per heavy atom. The van der Waals surface area contributed by atoms with Crippen molar-refractivity contribution in [1.29, 1.82) is 0 Å². The maximum Gasteiger partial charge on any atom is 0.141 e. The van der Waals surface area contributed by atoms with Crippen LogP contribution in [0.4, 0.5) is 5.69 Å². The SMILES string of the molecule is CCOc1ccnc2[nH]cc(-c3ccc4c(c3)NCC4)c12. The van der Waals surface area contributed by atoms with Crippen LogP contribution in [0.2, 0.25) is 0 Å². The van der Waals surface area contributed by atoms with Gasteiger partial charge >= 0.3 is 0 Å². The molecule has 0 spiro atoms. The summed E-state index contributed by atoms with van der Waals surface area (Å²) in [6.07, 6.45) is 4.89. The quantitative estimate of drug-likeness (QED) is 0.770. The molecule has 2 N–H and O–H groups in total. The lowest BCUT2D eigenvalue weighted by Crippen LogP contribution is -1.93. The van der Waals surface area contributed by atoms with E-state index in [1.54, 1.807) is 6.20 Å². The molecule has 0 atom stereocenters. The second-order valence-corrected chi connectivity index (χ2v) is 5.22. The van der Waals surface area contributed by atoms with Gasteiger partial charge in [0.05, 0.1) is 12.0 Å². The Kier molecular flexibility index (Phi) is 2.81. The van der Waals surface area contributed by atoms with Crippen LogP contribution >= 0.6 is 0 Å². The minimum atomic E-state index is 0.648. The van der Waals surface area contributed by atoms with Gasteiger partial charge in [0.25, 0.3) is 0 Å². The van der Waals surface area contributed by atoms with E-state index >= 15 is 0 Å². The first-order valence-corrected chi connectivity index (χ1v) is 7.33. The van der Waals surface area contributed by atoms with Crippen LogP contribution in [0.3, 0.4) is 0 Å². The minimum absolute atomic E-state index is 0.648. The minimum Gasteiger partial charge on any atom is -0.493 e. The molecule has 0 aliphatic carbocycles. The third kappa shape index (κ3) is 1.95. The van der Waals surface area contributed by atoms with E-state index in [0.29, 0.717) is 6.61 Å². The molecular weight excluding hydrogens is 262 g/mol. The summed E-state index contributed by atoms with van der Waals surface area (Å²) in [6.45, 7) is 3.67. The number of aromatic amines is 1. The summed E-state index contributed by atoms with van der Waals surface area (Å²) in [7, 11) is 0. The van der Waals surface area contributed by atoms with Crippen LogP contribution in [-0.4, -0.2) is 23.1 Å². The van der Waals surface area contributed by atoms with E-state index in [1.165, 1.54) is 16.8 Å². The van der Waals surface area contributed by atoms with Crippen LogP contribution in [0.15, 0.2) is 36.7 Å². The number of hydrogen-bond donors (Lipinski definition) is 2. The zero-order valence-electron chi connectivity index (χ0n) is 11.9. The second-order valence-electron chi connectivity index (χ2n) is 5.22. The number of fused-ring (bicyclic) bond motifs is 2. The van der Waals surface area contributed by atoms with Gasteiger partial charge < -0.3 is 15.0 Å². The Hall–Kier alpha value is -2.49. The maximum atomic E-state index is 5.76. The van der Waals surface area contributed by atoms with E-state index in [-0.39, 0.29) is 0 Å². The molecule has 0 bridgehead atoms. The van der Waals surface area contributed by atoms with Gasteiger partial charge in [-0.25, -0.2) is 4.98 Å². The Labute approximate surface area is 123 Å². The van der Waals surface area contributed by atoms with Gasteiger partial charge in [0.2, 0.25) is 0 Å². The molecule has 3 aromatic rings. The van der Waals surface area contributed by atoms with E-state index < -0.39 is 0 Å². The van der Waals surface area contributed by atoms with Crippen molar-refractivity contribution in [3.63, 3.8) is 0 Å².